The SMILES string of the molecule is CC(C)(C(=O)N1CCCC(C(=O)O)C1)C1CCCNC1. The van der Waals surface area contributed by atoms with E-state index < -0.39 is 17.3 Å². The fourth-order valence-electron chi connectivity index (χ4n) is 3.41. The first-order valence-corrected chi connectivity index (χ1v) is 7.66. The molecule has 2 heterocycles. The summed E-state index contributed by atoms with van der Waals surface area (Å²) in [6.07, 6.45) is 3.66. The summed E-state index contributed by atoms with van der Waals surface area (Å²) >= 11 is 0. The molecule has 0 aromatic rings. The standard InChI is InChI=1S/C15H26N2O3/c1-15(2,12-6-3-7-16-9-12)14(20)17-8-4-5-11(10-17)13(18)19/h11-12,16H,3-10H2,1-2H3,(H,18,19). The molecule has 5 heteroatoms. The van der Waals surface area contributed by atoms with Crippen LogP contribution in [0.25, 0.3) is 0 Å². The van der Waals surface area contributed by atoms with Crippen molar-refractivity contribution < 1.29 is 14.7 Å². The average molecular weight is 282 g/mol. The van der Waals surface area contributed by atoms with Crippen molar-refractivity contribution in [1.29, 1.82) is 0 Å². The fourth-order valence-corrected chi connectivity index (χ4v) is 3.41. The molecule has 0 spiro atoms. The fraction of sp³-hybridized carbons (Fsp3) is 0.867. The van der Waals surface area contributed by atoms with Gasteiger partial charge in [-0.25, -0.2) is 0 Å². The Morgan fingerprint density at radius 2 is 2.00 bits per heavy atom. The lowest BCUT2D eigenvalue weighted by Crippen LogP contribution is -2.52. The zero-order chi connectivity index (χ0) is 14.8. The van der Waals surface area contributed by atoms with Gasteiger partial charge in [0, 0.05) is 18.5 Å². The van der Waals surface area contributed by atoms with Gasteiger partial charge in [0.05, 0.1) is 5.92 Å². The number of piperidine rings is 2. The average Bonchev–Trinajstić information content (AvgIpc) is 2.47. The van der Waals surface area contributed by atoms with Crippen LogP contribution >= 0.6 is 0 Å². The van der Waals surface area contributed by atoms with E-state index in [1.807, 2.05) is 13.8 Å². The first-order valence-electron chi connectivity index (χ1n) is 7.66. The second kappa shape index (κ2) is 6.12. The van der Waals surface area contributed by atoms with Crippen LogP contribution in [0.15, 0.2) is 0 Å². The molecule has 5 nitrogen and oxygen atoms in total. The molecule has 0 aromatic heterocycles. The highest BCUT2D eigenvalue weighted by Gasteiger charge is 2.41. The van der Waals surface area contributed by atoms with Crippen molar-refractivity contribution in [3.05, 3.63) is 0 Å². The molecule has 0 aliphatic carbocycles. The largest absolute Gasteiger partial charge is 0.481 e. The molecule has 20 heavy (non-hydrogen) atoms. The third kappa shape index (κ3) is 3.14. The summed E-state index contributed by atoms with van der Waals surface area (Å²) in [4.78, 5) is 25.7. The van der Waals surface area contributed by atoms with E-state index >= 15 is 0 Å². The molecule has 0 radical (unpaired) electrons. The topological polar surface area (TPSA) is 69.6 Å². The Bertz CT molecular complexity index is 375. The molecule has 2 aliphatic rings. The van der Waals surface area contributed by atoms with Gasteiger partial charge < -0.3 is 15.3 Å². The molecular formula is C15H26N2O3. The van der Waals surface area contributed by atoms with Gasteiger partial charge in [-0.05, 0) is 44.7 Å². The summed E-state index contributed by atoms with van der Waals surface area (Å²) < 4.78 is 0. The number of carbonyl (C=O) groups excluding carboxylic acids is 1. The summed E-state index contributed by atoms with van der Waals surface area (Å²) in [6.45, 7) is 7.01. The van der Waals surface area contributed by atoms with E-state index in [0.717, 1.165) is 32.4 Å². The molecule has 0 aromatic carbocycles. The van der Waals surface area contributed by atoms with Gasteiger partial charge in [0.2, 0.25) is 5.91 Å². The van der Waals surface area contributed by atoms with Gasteiger partial charge in [0.25, 0.3) is 0 Å². The van der Waals surface area contributed by atoms with Crippen molar-refractivity contribution in [3.8, 4) is 0 Å². The lowest BCUT2D eigenvalue weighted by atomic mass is 9.73. The van der Waals surface area contributed by atoms with Crippen molar-refractivity contribution in [2.75, 3.05) is 26.2 Å². The van der Waals surface area contributed by atoms with Crippen molar-refractivity contribution in [2.24, 2.45) is 17.3 Å². The maximum atomic E-state index is 12.8. The Morgan fingerprint density at radius 3 is 2.60 bits per heavy atom. The predicted octanol–water partition coefficient (Wildman–Crippen LogP) is 1.34. The van der Waals surface area contributed by atoms with Gasteiger partial charge in [-0.1, -0.05) is 13.8 Å². The molecule has 2 fully saturated rings. The highest BCUT2D eigenvalue weighted by Crippen LogP contribution is 2.34. The molecule has 0 saturated carbocycles. The molecular weight excluding hydrogens is 256 g/mol. The molecule has 0 bridgehead atoms. The highest BCUT2D eigenvalue weighted by molar-refractivity contribution is 5.83. The minimum absolute atomic E-state index is 0.122. The van der Waals surface area contributed by atoms with Crippen molar-refractivity contribution in [2.45, 2.75) is 39.5 Å². The van der Waals surface area contributed by atoms with E-state index in [1.165, 1.54) is 0 Å². The Hall–Kier alpha value is -1.10. The van der Waals surface area contributed by atoms with Crippen molar-refractivity contribution >= 4 is 11.9 Å². The second-order valence-corrected chi connectivity index (χ2v) is 6.69. The third-order valence-corrected chi connectivity index (χ3v) is 4.93. The van der Waals surface area contributed by atoms with Crippen molar-refractivity contribution in [3.63, 3.8) is 0 Å². The minimum Gasteiger partial charge on any atom is -0.481 e. The van der Waals surface area contributed by atoms with Crippen LogP contribution in [-0.2, 0) is 9.59 Å². The van der Waals surface area contributed by atoms with Crippen LogP contribution in [0.4, 0.5) is 0 Å². The first-order chi connectivity index (χ1) is 9.43. The second-order valence-electron chi connectivity index (χ2n) is 6.69. The number of nitrogens with zero attached hydrogens (tertiary/aromatic N) is 1. The zero-order valence-corrected chi connectivity index (χ0v) is 12.5. The third-order valence-electron chi connectivity index (χ3n) is 4.93. The van der Waals surface area contributed by atoms with E-state index in [9.17, 15) is 9.59 Å². The normalized spacial score (nSPS) is 28.2. The number of carboxylic acid groups (broad SMARTS) is 1. The van der Waals surface area contributed by atoms with E-state index in [2.05, 4.69) is 5.32 Å². The Morgan fingerprint density at radius 1 is 1.25 bits per heavy atom. The summed E-state index contributed by atoms with van der Waals surface area (Å²) in [5, 5.41) is 12.5. The molecule has 2 rings (SSSR count). The van der Waals surface area contributed by atoms with E-state index in [4.69, 9.17) is 5.11 Å². The van der Waals surface area contributed by atoms with Crippen LogP contribution in [0, 0.1) is 17.3 Å². The van der Waals surface area contributed by atoms with Crippen LogP contribution in [0.1, 0.15) is 39.5 Å². The molecule has 2 N–H and O–H groups in total. The summed E-state index contributed by atoms with van der Waals surface area (Å²) in [5.41, 5.74) is -0.409. The number of rotatable bonds is 3. The van der Waals surface area contributed by atoms with Crippen LogP contribution in [0.5, 0.6) is 0 Å². The lowest BCUT2D eigenvalue weighted by Gasteiger charge is -2.41. The molecule has 2 aliphatic heterocycles. The number of nitrogens with one attached hydrogen (secondary N) is 1. The Balaban J connectivity index is 2.03. The number of hydrogen-bond donors (Lipinski definition) is 2. The van der Waals surface area contributed by atoms with Gasteiger partial charge in [0.1, 0.15) is 0 Å². The van der Waals surface area contributed by atoms with Gasteiger partial charge in [-0.3, -0.25) is 9.59 Å². The van der Waals surface area contributed by atoms with Crippen LogP contribution < -0.4 is 5.32 Å². The maximum Gasteiger partial charge on any atom is 0.308 e. The number of aliphatic carboxylic acids is 1. The predicted molar refractivity (Wildman–Crippen MR) is 76.3 cm³/mol. The molecule has 2 unspecified atom stereocenters. The van der Waals surface area contributed by atoms with Crippen LogP contribution in [-0.4, -0.2) is 48.1 Å². The van der Waals surface area contributed by atoms with Gasteiger partial charge in [-0.15, -0.1) is 0 Å². The van der Waals surface area contributed by atoms with Crippen LogP contribution in [0.3, 0.4) is 0 Å². The van der Waals surface area contributed by atoms with Crippen molar-refractivity contribution in [1.82, 2.24) is 10.2 Å². The Kier molecular flexibility index (Phi) is 4.68. The van der Waals surface area contributed by atoms with Gasteiger partial charge in [-0.2, -0.15) is 0 Å². The number of carboxylic acids is 1. The van der Waals surface area contributed by atoms with Gasteiger partial charge in [0.15, 0.2) is 0 Å². The summed E-state index contributed by atoms with van der Waals surface area (Å²) in [5.74, 6) is -0.710. The summed E-state index contributed by atoms with van der Waals surface area (Å²) in [6, 6.07) is 0. The number of amides is 1. The molecule has 114 valence electrons. The van der Waals surface area contributed by atoms with E-state index in [-0.39, 0.29) is 5.91 Å². The molecule has 2 atom stereocenters. The zero-order valence-electron chi connectivity index (χ0n) is 12.5. The highest BCUT2D eigenvalue weighted by atomic mass is 16.4. The van der Waals surface area contributed by atoms with E-state index in [0.29, 0.717) is 25.4 Å². The number of carbonyl (C=O) groups is 2. The Labute approximate surface area is 120 Å². The first kappa shape index (κ1) is 15.3. The minimum atomic E-state index is -0.778. The molecule has 1 amide bonds. The molecule has 2 saturated heterocycles. The quantitative estimate of drug-likeness (QED) is 0.819. The lowest BCUT2D eigenvalue weighted by molar-refractivity contribution is -0.150. The summed E-state index contributed by atoms with van der Waals surface area (Å²) in [7, 11) is 0. The monoisotopic (exact) mass is 282 g/mol. The van der Waals surface area contributed by atoms with Crippen LogP contribution in [0.2, 0.25) is 0 Å². The smallest absolute Gasteiger partial charge is 0.308 e. The van der Waals surface area contributed by atoms with Gasteiger partial charge >= 0.3 is 5.97 Å². The number of hydrogen-bond acceptors (Lipinski definition) is 3. The maximum absolute atomic E-state index is 12.8. The number of likely N-dealkylation sites (tertiary alicyclic amines) is 1. The van der Waals surface area contributed by atoms with E-state index in [1.54, 1.807) is 4.90 Å².